The number of carbonyl (C=O) groups is 1. The SMILES string of the molecule is CN(Cc1ccccc1)c1ncc(C(=O)N2CCCCC2C(O)c2ccccc2)c(-c2ccccc2F)n1. The molecule has 6 nitrogen and oxygen atoms in total. The largest absolute Gasteiger partial charge is 0.386 e. The van der Waals surface area contributed by atoms with Crippen LogP contribution in [0, 0.1) is 5.82 Å². The minimum atomic E-state index is -0.824. The van der Waals surface area contributed by atoms with Gasteiger partial charge in [-0.3, -0.25) is 4.79 Å². The van der Waals surface area contributed by atoms with Gasteiger partial charge >= 0.3 is 0 Å². The van der Waals surface area contributed by atoms with Gasteiger partial charge in [-0.25, -0.2) is 14.4 Å². The van der Waals surface area contributed by atoms with E-state index in [-0.39, 0.29) is 22.7 Å². The van der Waals surface area contributed by atoms with Crippen molar-refractivity contribution in [2.45, 2.75) is 38.0 Å². The van der Waals surface area contributed by atoms with Crippen molar-refractivity contribution in [2.24, 2.45) is 0 Å². The molecule has 2 atom stereocenters. The zero-order chi connectivity index (χ0) is 26.5. The van der Waals surface area contributed by atoms with Gasteiger partial charge in [-0.2, -0.15) is 0 Å². The first-order valence-electron chi connectivity index (χ1n) is 12.9. The van der Waals surface area contributed by atoms with Crippen molar-refractivity contribution < 1.29 is 14.3 Å². The number of nitrogens with zero attached hydrogens (tertiary/aromatic N) is 4. The van der Waals surface area contributed by atoms with Crippen molar-refractivity contribution in [1.29, 1.82) is 0 Å². The number of likely N-dealkylation sites (tertiary alicyclic amines) is 1. The summed E-state index contributed by atoms with van der Waals surface area (Å²) < 4.78 is 15.0. The molecule has 194 valence electrons. The van der Waals surface area contributed by atoms with Crippen LogP contribution in [0.1, 0.15) is 46.9 Å². The van der Waals surface area contributed by atoms with Gasteiger partial charge in [-0.1, -0.05) is 72.8 Å². The van der Waals surface area contributed by atoms with Crippen molar-refractivity contribution in [2.75, 3.05) is 18.5 Å². The molecule has 4 aromatic rings. The maximum absolute atomic E-state index is 15.0. The Morgan fingerprint density at radius 1 is 1.03 bits per heavy atom. The molecule has 7 heteroatoms. The second-order valence-electron chi connectivity index (χ2n) is 9.67. The third-order valence-corrected chi connectivity index (χ3v) is 7.06. The molecule has 5 rings (SSSR count). The van der Waals surface area contributed by atoms with Gasteiger partial charge in [0, 0.05) is 31.9 Å². The Labute approximate surface area is 222 Å². The second-order valence-corrected chi connectivity index (χ2v) is 9.67. The predicted molar refractivity (Wildman–Crippen MR) is 146 cm³/mol. The summed E-state index contributed by atoms with van der Waals surface area (Å²) in [5.41, 5.74) is 2.55. The smallest absolute Gasteiger partial charge is 0.258 e. The molecule has 1 aliphatic heterocycles. The Morgan fingerprint density at radius 3 is 2.45 bits per heavy atom. The molecule has 1 fully saturated rings. The summed E-state index contributed by atoms with van der Waals surface area (Å²) in [5.74, 6) is -0.375. The molecule has 1 amide bonds. The van der Waals surface area contributed by atoms with Crippen LogP contribution in [0.2, 0.25) is 0 Å². The lowest BCUT2D eigenvalue weighted by molar-refractivity contribution is 0.0212. The maximum Gasteiger partial charge on any atom is 0.258 e. The van der Waals surface area contributed by atoms with Crippen molar-refractivity contribution in [3.05, 3.63) is 114 Å². The summed E-state index contributed by atoms with van der Waals surface area (Å²) in [4.78, 5) is 26.8. The standard InChI is InChI=1S/C31H31FN4O2/c1-35(21-22-12-4-2-5-13-22)31-33-20-25(28(34-31)24-16-8-9-17-26(24)32)30(38)36-19-11-10-18-27(36)29(37)23-14-6-3-7-15-23/h2-9,12-17,20,27,29,37H,10-11,18-19,21H2,1H3. The second kappa shape index (κ2) is 11.5. The molecule has 3 aromatic carbocycles. The molecule has 1 aliphatic rings. The highest BCUT2D eigenvalue weighted by Gasteiger charge is 2.35. The number of aliphatic hydroxyl groups excluding tert-OH is 1. The lowest BCUT2D eigenvalue weighted by Crippen LogP contribution is -2.47. The minimum absolute atomic E-state index is 0.221. The number of carbonyl (C=O) groups excluding carboxylic acids is 1. The summed E-state index contributed by atoms with van der Waals surface area (Å²) in [5, 5.41) is 11.2. The van der Waals surface area contributed by atoms with Crippen LogP contribution in [0.15, 0.2) is 91.1 Å². The molecular formula is C31H31FN4O2. The van der Waals surface area contributed by atoms with Crippen LogP contribution in [0.5, 0.6) is 0 Å². The quantitative estimate of drug-likeness (QED) is 0.348. The Kier molecular flexibility index (Phi) is 7.75. The van der Waals surface area contributed by atoms with Crippen LogP contribution in [0.4, 0.5) is 10.3 Å². The van der Waals surface area contributed by atoms with Gasteiger partial charge in [0.2, 0.25) is 5.95 Å². The summed E-state index contributed by atoms with van der Waals surface area (Å²) in [6.07, 6.45) is 3.09. The van der Waals surface area contributed by atoms with Crippen LogP contribution < -0.4 is 4.90 Å². The van der Waals surface area contributed by atoms with E-state index in [4.69, 9.17) is 4.98 Å². The highest BCUT2D eigenvalue weighted by atomic mass is 19.1. The van der Waals surface area contributed by atoms with Crippen LogP contribution in [-0.4, -0.2) is 45.5 Å². The van der Waals surface area contributed by atoms with E-state index in [1.54, 1.807) is 23.1 Å². The number of rotatable bonds is 7. The van der Waals surface area contributed by atoms with Gasteiger partial charge in [0.15, 0.2) is 0 Å². The number of aliphatic hydroxyl groups is 1. The molecule has 2 unspecified atom stereocenters. The molecule has 1 aromatic heterocycles. The van der Waals surface area contributed by atoms with E-state index in [1.807, 2.05) is 72.6 Å². The van der Waals surface area contributed by atoms with Crippen molar-refractivity contribution in [1.82, 2.24) is 14.9 Å². The molecular weight excluding hydrogens is 479 g/mol. The summed E-state index contributed by atoms with van der Waals surface area (Å²) >= 11 is 0. The van der Waals surface area contributed by atoms with Crippen molar-refractivity contribution in [3.8, 4) is 11.3 Å². The lowest BCUT2D eigenvalue weighted by Gasteiger charge is -2.39. The zero-order valence-electron chi connectivity index (χ0n) is 21.4. The number of hydrogen-bond acceptors (Lipinski definition) is 5. The normalized spacial score (nSPS) is 16.2. The third-order valence-electron chi connectivity index (χ3n) is 7.06. The zero-order valence-corrected chi connectivity index (χ0v) is 21.4. The molecule has 2 heterocycles. The van der Waals surface area contributed by atoms with Crippen LogP contribution in [0.25, 0.3) is 11.3 Å². The van der Waals surface area contributed by atoms with Crippen LogP contribution >= 0.6 is 0 Å². The Bertz CT molecular complexity index is 1380. The van der Waals surface area contributed by atoms with E-state index >= 15 is 4.39 Å². The Morgan fingerprint density at radius 2 is 1.71 bits per heavy atom. The third kappa shape index (κ3) is 5.43. The fourth-order valence-electron chi connectivity index (χ4n) is 5.06. The number of amides is 1. The van der Waals surface area contributed by atoms with Gasteiger partial charge in [0.05, 0.1) is 23.4 Å². The molecule has 38 heavy (non-hydrogen) atoms. The van der Waals surface area contributed by atoms with Gasteiger partial charge in [-0.05, 0) is 42.5 Å². The van der Waals surface area contributed by atoms with Gasteiger partial charge < -0.3 is 14.9 Å². The van der Waals surface area contributed by atoms with Crippen LogP contribution in [0.3, 0.4) is 0 Å². The van der Waals surface area contributed by atoms with E-state index in [0.717, 1.165) is 24.0 Å². The number of anilines is 1. The van der Waals surface area contributed by atoms with E-state index in [9.17, 15) is 9.90 Å². The first-order valence-corrected chi connectivity index (χ1v) is 12.9. The maximum atomic E-state index is 15.0. The highest BCUT2D eigenvalue weighted by Crippen LogP contribution is 2.33. The number of benzene rings is 3. The van der Waals surface area contributed by atoms with E-state index in [0.29, 0.717) is 25.5 Å². The van der Waals surface area contributed by atoms with Crippen molar-refractivity contribution in [3.63, 3.8) is 0 Å². The average Bonchev–Trinajstić information content (AvgIpc) is 2.97. The van der Waals surface area contributed by atoms with E-state index in [2.05, 4.69) is 4.98 Å². The number of aromatic nitrogens is 2. The monoisotopic (exact) mass is 510 g/mol. The predicted octanol–water partition coefficient (Wildman–Crippen LogP) is 5.65. The Balaban J connectivity index is 1.51. The van der Waals surface area contributed by atoms with Gasteiger partial charge in [0.25, 0.3) is 5.91 Å². The summed E-state index contributed by atoms with van der Waals surface area (Å²) in [6.45, 7) is 1.06. The molecule has 0 spiro atoms. The number of piperidine rings is 1. The fourth-order valence-corrected chi connectivity index (χ4v) is 5.06. The van der Waals surface area contributed by atoms with Gasteiger partial charge in [0.1, 0.15) is 5.82 Å². The Hall–Kier alpha value is -4.10. The van der Waals surface area contributed by atoms with Gasteiger partial charge in [-0.15, -0.1) is 0 Å². The minimum Gasteiger partial charge on any atom is -0.386 e. The molecule has 1 saturated heterocycles. The molecule has 0 aliphatic carbocycles. The first kappa shape index (κ1) is 25.5. The average molecular weight is 511 g/mol. The highest BCUT2D eigenvalue weighted by molar-refractivity contribution is 6.00. The lowest BCUT2D eigenvalue weighted by atomic mass is 9.92. The summed E-state index contributed by atoms with van der Waals surface area (Å²) in [6, 6.07) is 25.2. The first-order chi connectivity index (χ1) is 18.5. The molecule has 0 bridgehead atoms. The number of hydrogen-bond donors (Lipinski definition) is 1. The topological polar surface area (TPSA) is 69.6 Å². The van der Waals surface area contributed by atoms with Crippen molar-refractivity contribution >= 4 is 11.9 Å². The van der Waals surface area contributed by atoms with E-state index < -0.39 is 18.0 Å². The fraction of sp³-hybridized carbons (Fsp3) is 0.258. The van der Waals surface area contributed by atoms with E-state index in [1.165, 1.54) is 12.3 Å². The number of halogens is 1. The molecule has 1 N–H and O–H groups in total. The van der Waals surface area contributed by atoms with Crippen LogP contribution in [-0.2, 0) is 6.54 Å². The molecule has 0 radical (unpaired) electrons. The molecule has 0 saturated carbocycles. The summed E-state index contributed by atoms with van der Waals surface area (Å²) in [7, 11) is 1.87.